The summed E-state index contributed by atoms with van der Waals surface area (Å²) in [6, 6.07) is 0. The Labute approximate surface area is 211 Å². The molecule has 194 valence electrons. The fourth-order valence-electron chi connectivity index (χ4n) is 3.42. The summed E-state index contributed by atoms with van der Waals surface area (Å²) < 4.78 is 21.3. The average Bonchev–Trinajstić information content (AvgIpc) is 3.16. The van der Waals surface area contributed by atoms with Crippen molar-refractivity contribution < 1.29 is 28.6 Å². The number of hydrogen-bond acceptors (Lipinski definition) is 7. The number of rotatable bonds is 6. The van der Waals surface area contributed by atoms with E-state index in [4.69, 9.17) is 25.8 Å². The third-order valence-corrected chi connectivity index (χ3v) is 17.0. The van der Waals surface area contributed by atoms with Gasteiger partial charge in [-0.15, -0.1) is 0 Å². The Morgan fingerprint density at radius 1 is 1.03 bits per heavy atom. The van der Waals surface area contributed by atoms with Crippen LogP contribution < -0.4 is 0 Å². The number of thiocarbonyl (C=S) groups is 1. The number of carbonyl (C=O) groups is 1. The summed E-state index contributed by atoms with van der Waals surface area (Å²) in [5, 5.41) is 21.1. The maximum atomic E-state index is 12.2. The van der Waals surface area contributed by atoms with E-state index in [1.54, 1.807) is 23.3 Å². The standard InChI is InChI=1S/C23H42N2O6SSi2/c1-21(2,3)33(7,8)30-16-13-23(28,19(26)27)14-17(31-34(9,10)22(4,5)6)18(16)29-20(32)25-12-11-24-15-25/h11-12,15-18,28H,13-14H2,1-10H3,(H,26,27)/t16-,17-,18?,23?/m1/s1. The van der Waals surface area contributed by atoms with Crippen LogP contribution in [0.4, 0.5) is 0 Å². The maximum absolute atomic E-state index is 12.2. The van der Waals surface area contributed by atoms with Crippen molar-refractivity contribution in [2.75, 3.05) is 0 Å². The lowest BCUT2D eigenvalue weighted by Crippen LogP contribution is -2.63. The van der Waals surface area contributed by atoms with E-state index in [1.807, 2.05) is 0 Å². The highest BCUT2D eigenvalue weighted by atomic mass is 32.1. The van der Waals surface area contributed by atoms with E-state index in [-0.39, 0.29) is 28.1 Å². The van der Waals surface area contributed by atoms with Crippen LogP contribution in [-0.2, 0) is 18.4 Å². The first-order chi connectivity index (χ1) is 15.2. The molecular formula is C23H42N2O6SSi2. The normalized spacial score (nSPS) is 26.9. The van der Waals surface area contributed by atoms with E-state index in [0.717, 1.165) is 0 Å². The monoisotopic (exact) mass is 530 g/mol. The second-order valence-electron chi connectivity index (χ2n) is 12.4. The Hall–Kier alpha value is -1.12. The van der Waals surface area contributed by atoms with Gasteiger partial charge in [0.25, 0.3) is 5.17 Å². The summed E-state index contributed by atoms with van der Waals surface area (Å²) in [5.74, 6) is -1.28. The molecule has 2 N–H and O–H groups in total. The number of aliphatic hydroxyl groups is 1. The topological polar surface area (TPSA) is 103 Å². The molecule has 34 heavy (non-hydrogen) atoms. The third-order valence-electron chi connectivity index (χ3n) is 7.67. The number of aromatic nitrogens is 2. The first-order valence-electron chi connectivity index (χ1n) is 11.7. The molecule has 11 heteroatoms. The number of ether oxygens (including phenoxy) is 1. The highest BCUT2D eigenvalue weighted by Crippen LogP contribution is 2.44. The van der Waals surface area contributed by atoms with E-state index in [1.165, 1.54) is 0 Å². The minimum atomic E-state index is -2.36. The molecule has 1 aliphatic carbocycles. The van der Waals surface area contributed by atoms with Crippen molar-refractivity contribution in [3.8, 4) is 0 Å². The van der Waals surface area contributed by atoms with Crippen LogP contribution in [-0.4, -0.2) is 71.5 Å². The van der Waals surface area contributed by atoms with E-state index in [2.05, 4.69) is 72.7 Å². The van der Waals surface area contributed by atoms with Crippen LogP contribution in [0.25, 0.3) is 0 Å². The lowest BCUT2D eigenvalue weighted by molar-refractivity contribution is -0.182. The minimum Gasteiger partial charge on any atom is -0.479 e. The van der Waals surface area contributed by atoms with Crippen LogP contribution in [0.3, 0.4) is 0 Å². The number of carboxylic acids is 1. The molecule has 1 heterocycles. The van der Waals surface area contributed by atoms with Crippen LogP contribution in [0, 0.1) is 0 Å². The molecule has 1 aliphatic rings. The number of hydrogen-bond donors (Lipinski definition) is 2. The van der Waals surface area contributed by atoms with Gasteiger partial charge in [-0.25, -0.2) is 9.78 Å². The summed E-state index contributed by atoms with van der Waals surface area (Å²) in [5.41, 5.74) is -1.99. The largest absolute Gasteiger partial charge is 0.479 e. The first-order valence-corrected chi connectivity index (χ1v) is 17.9. The van der Waals surface area contributed by atoms with Crippen LogP contribution in [0.1, 0.15) is 54.4 Å². The molecule has 0 spiro atoms. The van der Waals surface area contributed by atoms with Gasteiger partial charge in [0.1, 0.15) is 6.33 Å². The predicted molar refractivity (Wildman–Crippen MR) is 141 cm³/mol. The van der Waals surface area contributed by atoms with Gasteiger partial charge in [-0.2, -0.15) is 0 Å². The SMILES string of the molecule is CC(C)(C)[Si](C)(C)O[C@@H]1CC(O)(C(=O)O)C[C@@H](O[Si](C)(C)C(C)(C)C)C1OC(=S)n1ccnc1. The van der Waals surface area contributed by atoms with Crippen molar-refractivity contribution in [3.63, 3.8) is 0 Å². The van der Waals surface area contributed by atoms with Gasteiger partial charge in [-0.3, -0.25) is 4.57 Å². The summed E-state index contributed by atoms with van der Waals surface area (Å²) in [4.78, 5) is 16.2. The van der Waals surface area contributed by atoms with Crippen LogP contribution in [0.15, 0.2) is 18.7 Å². The van der Waals surface area contributed by atoms with E-state index < -0.39 is 46.5 Å². The van der Waals surface area contributed by atoms with Crippen molar-refractivity contribution in [2.45, 2.75) is 115 Å². The Balaban J connectivity index is 2.54. The second-order valence-corrected chi connectivity index (χ2v) is 22.3. The lowest BCUT2D eigenvalue weighted by atomic mass is 9.79. The lowest BCUT2D eigenvalue weighted by Gasteiger charge is -2.50. The fraction of sp³-hybridized carbons (Fsp3) is 0.783. The molecule has 1 aromatic rings. The van der Waals surface area contributed by atoms with Gasteiger partial charge in [0, 0.05) is 25.2 Å². The van der Waals surface area contributed by atoms with Gasteiger partial charge in [0.2, 0.25) is 0 Å². The van der Waals surface area contributed by atoms with E-state index in [9.17, 15) is 15.0 Å². The zero-order valence-corrected chi connectivity index (χ0v) is 25.0. The van der Waals surface area contributed by atoms with Crippen molar-refractivity contribution >= 4 is 40.0 Å². The van der Waals surface area contributed by atoms with Crippen molar-refractivity contribution in [2.24, 2.45) is 0 Å². The molecule has 0 aliphatic heterocycles. The van der Waals surface area contributed by atoms with Gasteiger partial charge in [0.15, 0.2) is 28.3 Å². The Kier molecular flexibility index (Phi) is 8.34. The summed E-state index contributed by atoms with van der Waals surface area (Å²) in [6.07, 6.45) is 2.51. The zero-order valence-electron chi connectivity index (χ0n) is 22.2. The van der Waals surface area contributed by atoms with Crippen LogP contribution >= 0.6 is 12.2 Å². The highest BCUT2D eigenvalue weighted by Gasteiger charge is 2.56. The number of nitrogens with zero attached hydrogens (tertiary/aromatic N) is 2. The van der Waals surface area contributed by atoms with Crippen LogP contribution in [0.2, 0.25) is 36.3 Å². The molecule has 1 fully saturated rings. The zero-order chi connectivity index (χ0) is 26.3. The first kappa shape index (κ1) is 29.1. The van der Waals surface area contributed by atoms with Gasteiger partial charge in [-0.05, 0) is 48.5 Å². The molecule has 0 amide bonds. The second kappa shape index (κ2) is 9.74. The molecule has 8 nitrogen and oxygen atoms in total. The Bertz CT molecular complexity index is 839. The molecular weight excluding hydrogens is 489 g/mol. The molecule has 0 unspecified atom stereocenters. The number of aliphatic carboxylic acids is 1. The van der Waals surface area contributed by atoms with Crippen molar-refractivity contribution in [3.05, 3.63) is 18.7 Å². The third kappa shape index (κ3) is 6.35. The van der Waals surface area contributed by atoms with E-state index in [0.29, 0.717) is 0 Å². The smallest absolute Gasteiger partial charge is 0.335 e. The van der Waals surface area contributed by atoms with Crippen LogP contribution in [0.5, 0.6) is 0 Å². The van der Waals surface area contributed by atoms with Gasteiger partial charge in [-0.1, -0.05) is 41.5 Å². The number of imidazole rings is 1. The molecule has 0 bridgehead atoms. The molecule has 1 aromatic heterocycles. The minimum absolute atomic E-state index is 0.108. The van der Waals surface area contributed by atoms with Crippen molar-refractivity contribution in [1.29, 1.82) is 0 Å². The quantitative estimate of drug-likeness (QED) is 0.400. The van der Waals surface area contributed by atoms with Gasteiger partial charge < -0.3 is 23.8 Å². The Morgan fingerprint density at radius 3 is 1.79 bits per heavy atom. The maximum Gasteiger partial charge on any atom is 0.335 e. The van der Waals surface area contributed by atoms with Gasteiger partial charge >= 0.3 is 5.97 Å². The number of carboxylic acid groups (broad SMARTS) is 1. The predicted octanol–water partition coefficient (Wildman–Crippen LogP) is 4.79. The van der Waals surface area contributed by atoms with Crippen molar-refractivity contribution in [1.82, 2.24) is 9.55 Å². The summed E-state index contributed by atoms with van der Waals surface area (Å²) >= 11 is 5.53. The van der Waals surface area contributed by atoms with Gasteiger partial charge in [0.05, 0.1) is 12.2 Å². The molecule has 1 saturated carbocycles. The molecule has 0 saturated heterocycles. The molecule has 0 radical (unpaired) electrons. The average molecular weight is 531 g/mol. The summed E-state index contributed by atoms with van der Waals surface area (Å²) in [7, 11) is -4.73. The molecule has 2 rings (SSSR count). The highest BCUT2D eigenvalue weighted by molar-refractivity contribution is 7.80. The fourth-order valence-corrected chi connectivity index (χ4v) is 6.29. The summed E-state index contributed by atoms with van der Waals surface area (Å²) in [6.45, 7) is 21.0. The molecule has 0 aromatic carbocycles. The Morgan fingerprint density at radius 2 is 1.47 bits per heavy atom. The van der Waals surface area contributed by atoms with E-state index >= 15 is 0 Å². The molecule has 2 atom stereocenters.